The van der Waals surface area contributed by atoms with Gasteiger partial charge in [0.15, 0.2) is 5.82 Å². The van der Waals surface area contributed by atoms with E-state index in [-0.39, 0.29) is 11.2 Å². The van der Waals surface area contributed by atoms with Gasteiger partial charge in [0.05, 0.1) is 30.5 Å². The molecule has 1 aromatic rings. The van der Waals surface area contributed by atoms with Crippen LogP contribution in [-0.4, -0.2) is 37.3 Å². The van der Waals surface area contributed by atoms with Crippen molar-refractivity contribution in [2.24, 2.45) is 0 Å². The summed E-state index contributed by atoms with van der Waals surface area (Å²) in [7, 11) is 2.93. The number of methoxy groups -OCH3 is 2. The van der Waals surface area contributed by atoms with Gasteiger partial charge in [0.25, 0.3) is 0 Å². The Bertz CT molecular complexity index is 433. The molecule has 0 aliphatic heterocycles. The Hall–Kier alpha value is -1.82. The van der Waals surface area contributed by atoms with Crippen molar-refractivity contribution in [2.45, 2.75) is 19.4 Å². The molecule has 6 heteroatoms. The molecular formula is C12H19N3O3. The van der Waals surface area contributed by atoms with Crippen LogP contribution in [0.2, 0.25) is 0 Å². The van der Waals surface area contributed by atoms with E-state index in [0.717, 1.165) is 0 Å². The third-order valence-corrected chi connectivity index (χ3v) is 2.36. The molecule has 0 amide bonds. The average Bonchev–Trinajstić information content (AvgIpc) is 2.30. The van der Waals surface area contributed by atoms with Gasteiger partial charge in [-0.3, -0.25) is 0 Å². The number of esters is 1. The van der Waals surface area contributed by atoms with E-state index < -0.39 is 5.97 Å². The van der Waals surface area contributed by atoms with Crippen molar-refractivity contribution >= 4 is 17.5 Å². The van der Waals surface area contributed by atoms with Gasteiger partial charge in [-0.15, -0.1) is 0 Å². The zero-order chi connectivity index (χ0) is 13.8. The SMILES string of the molecule is COCC(C)(C)Nc1nccc(C(=O)OC)c1N. The Morgan fingerprint density at radius 3 is 2.72 bits per heavy atom. The molecule has 0 saturated carbocycles. The highest BCUT2D eigenvalue weighted by atomic mass is 16.5. The summed E-state index contributed by atoms with van der Waals surface area (Å²) in [5, 5.41) is 3.14. The fourth-order valence-corrected chi connectivity index (χ4v) is 1.58. The minimum absolute atomic E-state index is 0.272. The van der Waals surface area contributed by atoms with Crippen LogP contribution in [-0.2, 0) is 9.47 Å². The highest BCUT2D eigenvalue weighted by Gasteiger charge is 2.21. The van der Waals surface area contributed by atoms with Gasteiger partial charge in [0.2, 0.25) is 0 Å². The highest BCUT2D eigenvalue weighted by Crippen LogP contribution is 2.23. The Kier molecular flexibility index (Phi) is 4.49. The summed E-state index contributed by atoms with van der Waals surface area (Å²) in [6, 6.07) is 1.52. The smallest absolute Gasteiger partial charge is 0.340 e. The van der Waals surface area contributed by atoms with E-state index in [0.29, 0.717) is 18.0 Å². The standard InChI is InChI=1S/C12H19N3O3/c1-12(2,7-17-3)15-10-9(13)8(5-6-14-10)11(16)18-4/h5-6H,7,13H2,1-4H3,(H,14,15). The second-order valence-corrected chi connectivity index (χ2v) is 4.55. The van der Waals surface area contributed by atoms with Crippen molar-refractivity contribution < 1.29 is 14.3 Å². The van der Waals surface area contributed by atoms with Crippen LogP contribution in [0.4, 0.5) is 11.5 Å². The quantitative estimate of drug-likeness (QED) is 0.769. The number of nitrogens with two attached hydrogens (primary N) is 1. The summed E-state index contributed by atoms with van der Waals surface area (Å²) in [6.45, 7) is 4.38. The van der Waals surface area contributed by atoms with Gasteiger partial charge in [-0.1, -0.05) is 0 Å². The molecule has 0 aliphatic rings. The van der Waals surface area contributed by atoms with Crippen LogP contribution >= 0.6 is 0 Å². The fraction of sp³-hybridized carbons (Fsp3) is 0.500. The van der Waals surface area contributed by atoms with Gasteiger partial charge in [0.1, 0.15) is 0 Å². The predicted molar refractivity (Wildman–Crippen MR) is 69.6 cm³/mol. The number of anilines is 2. The minimum atomic E-state index is -0.484. The van der Waals surface area contributed by atoms with E-state index in [1.54, 1.807) is 7.11 Å². The van der Waals surface area contributed by atoms with Crippen molar-refractivity contribution in [2.75, 3.05) is 31.9 Å². The number of hydrogen-bond acceptors (Lipinski definition) is 6. The van der Waals surface area contributed by atoms with Crippen LogP contribution in [0.25, 0.3) is 0 Å². The summed E-state index contributed by atoms with van der Waals surface area (Å²) >= 11 is 0. The summed E-state index contributed by atoms with van der Waals surface area (Å²) < 4.78 is 9.75. The van der Waals surface area contributed by atoms with Gasteiger partial charge in [-0.2, -0.15) is 0 Å². The largest absolute Gasteiger partial charge is 0.465 e. The number of nitrogens with one attached hydrogen (secondary N) is 1. The first kappa shape index (κ1) is 14.2. The van der Waals surface area contributed by atoms with E-state index >= 15 is 0 Å². The summed E-state index contributed by atoms with van der Waals surface area (Å²) in [6.07, 6.45) is 1.51. The lowest BCUT2D eigenvalue weighted by atomic mass is 10.1. The van der Waals surface area contributed by atoms with E-state index in [1.807, 2.05) is 13.8 Å². The molecule has 18 heavy (non-hydrogen) atoms. The van der Waals surface area contributed by atoms with Crippen molar-refractivity contribution in [3.8, 4) is 0 Å². The zero-order valence-electron chi connectivity index (χ0n) is 11.1. The molecule has 0 saturated heterocycles. The predicted octanol–water partition coefficient (Wildman–Crippen LogP) is 1.29. The summed E-state index contributed by atoms with van der Waals surface area (Å²) in [5.41, 5.74) is 6.12. The number of aromatic nitrogens is 1. The molecule has 6 nitrogen and oxygen atoms in total. The van der Waals surface area contributed by atoms with Crippen LogP contribution in [0.5, 0.6) is 0 Å². The lowest BCUT2D eigenvalue weighted by Gasteiger charge is -2.26. The Balaban J connectivity index is 3.01. The number of nitrogen functional groups attached to an aromatic ring is 1. The molecule has 0 atom stereocenters. The lowest BCUT2D eigenvalue weighted by Crippen LogP contribution is -2.36. The van der Waals surface area contributed by atoms with E-state index in [2.05, 4.69) is 15.0 Å². The maximum atomic E-state index is 11.5. The van der Waals surface area contributed by atoms with Crippen LogP contribution in [0.3, 0.4) is 0 Å². The molecule has 0 aliphatic carbocycles. The van der Waals surface area contributed by atoms with Gasteiger partial charge in [-0.05, 0) is 19.9 Å². The minimum Gasteiger partial charge on any atom is -0.465 e. The third-order valence-electron chi connectivity index (χ3n) is 2.36. The number of ether oxygens (including phenoxy) is 2. The molecule has 0 aromatic carbocycles. The maximum absolute atomic E-state index is 11.5. The summed E-state index contributed by atoms with van der Waals surface area (Å²) in [4.78, 5) is 15.6. The first-order valence-corrected chi connectivity index (χ1v) is 5.51. The molecule has 1 heterocycles. The molecule has 100 valence electrons. The molecule has 0 spiro atoms. The average molecular weight is 253 g/mol. The van der Waals surface area contributed by atoms with E-state index in [1.165, 1.54) is 19.4 Å². The van der Waals surface area contributed by atoms with E-state index in [9.17, 15) is 4.79 Å². The highest BCUT2D eigenvalue weighted by molar-refractivity contribution is 5.97. The van der Waals surface area contributed by atoms with Gasteiger partial charge >= 0.3 is 5.97 Å². The van der Waals surface area contributed by atoms with Crippen molar-refractivity contribution in [1.29, 1.82) is 0 Å². The fourth-order valence-electron chi connectivity index (χ4n) is 1.58. The second-order valence-electron chi connectivity index (χ2n) is 4.55. The number of pyridine rings is 1. The third kappa shape index (κ3) is 3.33. The topological polar surface area (TPSA) is 86.5 Å². The summed E-state index contributed by atoms with van der Waals surface area (Å²) in [5.74, 6) is -0.0394. The number of hydrogen-bond donors (Lipinski definition) is 2. The van der Waals surface area contributed by atoms with Gasteiger partial charge in [0, 0.05) is 13.3 Å². The van der Waals surface area contributed by atoms with Crippen LogP contribution in [0.1, 0.15) is 24.2 Å². The molecular weight excluding hydrogens is 234 g/mol. The Labute approximate surface area is 106 Å². The van der Waals surface area contributed by atoms with Crippen molar-refractivity contribution in [3.05, 3.63) is 17.8 Å². The molecule has 0 radical (unpaired) electrons. The first-order chi connectivity index (χ1) is 8.41. The first-order valence-electron chi connectivity index (χ1n) is 5.51. The number of carbonyl (C=O) groups is 1. The Morgan fingerprint density at radius 2 is 2.17 bits per heavy atom. The zero-order valence-corrected chi connectivity index (χ0v) is 11.1. The molecule has 1 aromatic heterocycles. The van der Waals surface area contributed by atoms with Crippen molar-refractivity contribution in [1.82, 2.24) is 4.98 Å². The van der Waals surface area contributed by atoms with Crippen LogP contribution in [0, 0.1) is 0 Å². The molecule has 0 unspecified atom stereocenters. The number of carbonyl (C=O) groups excluding carboxylic acids is 1. The van der Waals surface area contributed by atoms with Crippen LogP contribution < -0.4 is 11.1 Å². The van der Waals surface area contributed by atoms with E-state index in [4.69, 9.17) is 10.5 Å². The number of nitrogens with zero attached hydrogens (tertiary/aromatic N) is 1. The number of rotatable bonds is 5. The molecule has 1 rings (SSSR count). The normalized spacial score (nSPS) is 11.1. The monoisotopic (exact) mass is 253 g/mol. The molecule has 0 bridgehead atoms. The van der Waals surface area contributed by atoms with Gasteiger partial charge in [-0.25, -0.2) is 9.78 Å². The van der Waals surface area contributed by atoms with Crippen molar-refractivity contribution in [3.63, 3.8) is 0 Å². The van der Waals surface area contributed by atoms with Crippen LogP contribution in [0.15, 0.2) is 12.3 Å². The second kappa shape index (κ2) is 5.68. The lowest BCUT2D eigenvalue weighted by molar-refractivity contribution is 0.0602. The maximum Gasteiger partial charge on any atom is 0.340 e. The van der Waals surface area contributed by atoms with Gasteiger partial charge < -0.3 is 20.5 Å². The Morgan fingerprint density at radius 1 is 1.50 bits per heavy atom. The molecule has 0 fully saturated rings. The molecule has 3 N–H and O–H groups in total.